The smallest absolute Gasteiger partial charge is 0.269 e. The van der Waals surface area contributed by atoms with E-state index in [0.717, 1.165) is 15.4 Å². The molecule has 0 fully saturated rings. The number of rotatable bonds is 8. The molecule has 3 aromatic rings. The molecule has 0 saturated carbocycles. The SMILES string of the molecule is O=[N+]([O-])c1ccc(S/C=C/C(=NSc2ccccc2)OCc2ccccc2)cc1. The summed E-state index contributed by atoms with van der Waals surface area (Å²) in [4.78, 5) is 12.2. The van der Waals surface area contributed by atoms with E-state index in [-0.39, 0.29) is 5.69 Å². The van der Waals surface area contributed by atoms with E-state index in [1.54, 1.807) is 18.2 Å². The molecular formula is C22H18N2O3S2. The summed E-state index contributed by atoms with van der Waals surface area (Å²) >= 11 is 2.78. The van der Waals surface area contributed by atoms with Gasteiger partial charge in [0.1, 0.15) is 6.61 Å². The summed E-state index contributed by atoms with van der Waals surface area (Å²) in [5.74, 6) is 0.497. The predicted molar refractivity (Wildman–Crippen MR) is 119 cm³/mol. The lowest BCUT2D eigenvalue weighted by molar-refractivity contribution is -0.384. The van der Waals surface area contributed by atoms with Crippen molar-refractivity contribution in [2.24, 2.45) is 4.40 Å². The van der Waals surface area contributed by atoms with Gasteiger partial charge >= 0.3 is 0 Å². The summed E-state index contributed by atoms with van der Waals surface area (Å²) < 4.78 is 10.4. The maximum atomic E-state index is 10.7. The van der Waals surface area contributed by atoms with Crippen molar-refractivity contribution in [1.29, 1.82) is 0 Å². The maximum Gasteiger partial charge on any atom is 0.269 e. The quantitative estimate of drug-likeness (QED) is 0.103. The van der Waals surface area contributed by atoms with Gasteiger partial charge in [-0.25, -0.2) is 0 Å². The number of nitro groups is 1. The molecule has 5 nitrogen and oxygen atoms in total. The lowest BCUT2D eigenvalue weighted by Crippen LogP contribution is -2.01. The molecule has 0 saturated heterocycles. The molecule has 146 valence electrons. The molecule has 0 unspecified atom stereocenters. The largest absolute Gasteiger partial charge is 0.472 e. The van der Waals surface area contributed by atoms with Crippen molar-refractivity contribution in [3.05, 3.63) is 112 Å². The highest BCUT2D eigenvalue weighted by Crippen LogP contribution is 2.23. The maximum absolute atomic E-state index is 10.7. The van der Waals surface area contributed by atoms with Crippen LogP contribution in [0.2, 0.25) is 0 Å². The van der Waals surface area contributed by atoms with Crippen molar-refractivity contribution in [3.8, 4) is 0 Å². The third-order valence-corrected chi connectivity index (χ3v) is 5.25. The molecular weight excluding hydrogens is 404 g/mol. The normalized spacial score (nSPS) is 11.5. The highest BCUT2D eigenvalue weighted by atomic mass is 32.2. The Labute approximate surface area is 177 Å². The molecule has 7 heteroatoms. The molecule has 3 rings (SSSR count). The van der Waals surface area contributed by atoms with Crippen LogP contribution in [0.3, 0.4) is 0 Å². The standard InChI is InChI=1S/C22H18N2O3S2/c25-24(26)19-11-13-20(14-12-19)28-16-15-22(23-29-21-9-5-2-6-10-21)27-17-18-7-3-1-4-8-18/h1-16H,17H2/b16-15+,23-22?. The van der Waals surface area contributed by atoms with E-state index >= 15 is 0 Å². The average molecular weight is 423 g/mol. The van der Waals surface area contributed by atoms with Crippen LogP contribution >= 0.6 is 23.7 Å². The van der Waals surface area contributed by atoms with Gasteiger partial charge < -0.3 is 4.74 Å². The molecule has 0 bridgehead atoms. The van der Waals surface area contributed by atoms with Crippen LogP contribution in [0.1, 0.15) is 5.56 Å². The Bertz CT molecular complexity index is 976. The number of benzene rings is 3. The molecule has 0 aliphatic heterocycles. The fraction of sp³-hybridized carbons (Fsp3) is 0.0455. The van der Waals surface area contributed by atoms with E-state index in [9.17, 15) is 10.1 Å². The topological polar surface area (TPSA) is 64.7 Å². The number of nitro benzene ring substituents is 1. The minimum atomic E-state index is -0.409. The first-order chi connectivity index (χ1) is 14.2. The molecule has 0 radical (unpaired) electrons. The van der Waals surface area contributed by atoms with Gasteiger partial charge in [0.05, 0.1) is 4.92 Å². The van der Waals surface area contributed by atoms with Gasteiger partial charge in [0.15, 0.2) is 0 Å². The first-order valence-corrected chi connectivity index (χ1v) is 10.4. The molecule has 0 atom stereocenters. The first kappa shape index (κ1) is 20.7. The molecule has 0 aromatic heterocycles. The summed E-state index contributed by atoms with van der Waals surface area (Å²) in [6, 6.07) is 26.1. The Morgan fingerprint density at radius 3 is 2.24 bits per heavy atom. The first-order valence-electron chi connectivity index (χ1n) is 8.75. The van der Waals surface area contributed by atoms with Crippen molar-refractivity contribution in [2.75, 3.05) is 0 Å². The lowest BCUT2D eigenvalue weighted by Gasteiger charge is -2.06. The van der Waals surface area contributed by atoms with E-state index in [1.807, 2.05) is 66.1 Å². The van der Waals surface area contributed by atoms with E-state index < -0.39 is 4.92 Å². The Hall–Kier alpha value is -3.03. The summed E-state index contributed by atoms with van der Waals surface area (Å²) in [5, 5.41) is 12.6. The summed E-state index contributed by atoms with van der Waals surface area (Å²) in [6.45, 7) is 0.418. The van der Waals surface area contributed by atoms with Crippen LogP contribution in [0.25, 0.3) is 0 Å². The van der Waals surface area contributed by atoms with Crippen molar-refractivity contribution in [2.45, 2.75) is 16.4 Å². The monoisotopic (exact) mass is 422 g/mol. The van der Waals surface area contributed by atoms with Crippen LogP contribution in [0.4, 0.5) is 5.69 Å². The van der Waals surface area contributed by atoms with E-state index in [1.165, 1.54) is 35.8 Å². The third-order valence-electron chi connectivity index (χ3n) is 3.68. The van der Waals surface area contributed by atoms with Gasteiger partial charge in [0, 0.05) is 39.9 Å². The van der Waals surface area contributed by atoms with Crippen LogP contribution in [-0.4, -0.2) is 10.8 Å². The zero-order valence-electron chi connectivity index (χ0n) is 15.4. The Balaban J connectivity index is 1.65. The summed E-state index contributed by atoms with van der Waals surface area (Å²) in [6.07, 6.45) is 1.80. The van der Waals surface area contributed by atoms with Crippen molar-refractivity contribution < 1.29 is 9.66 Å². The highest BCUT2D eigenvalue weighted by molar-refractivity contribution is 8.02. The third kappa shape index (κ3) is 7.14. The molecule has 0 aliphatic carbocycles. The Morgan fingerprint density at radius 1 is 0.931 bits per heavy atom. The molecule has 0 spiro atoms. The molecule has 0 heterocycles. The van der Waals surface area contributed by atoms with Crippen LogP contribution in [-0.2, 0) is 11.3 Å². The average Bonchev–Trinajstić information content (AvgIpc) is 2.77. The highest BCUT2D eigenvalue weighted by Gasteiger charge is 2.04. The van der Waals surface area contributed by atoms with Gasteiger partial charge in [-0.2, -0.15) is 4.40 Å². The number of ether oxygens (including phenoxy) is 1. The minimum Gasteiger partial charge on any atom is -0.472 e. The molecule has 29 heavy (non-hydrogen) atoms. The van der Waals surface area contributed by atoms with Gasteiger partial charge in [0.2, 0.25) is 5.90 Å². The number of nitrogens with zero attached hydrogens (tertiary/aromatic N) is 2. The van der Waals surface area contributed by atoms with E-state index in [2.05, 4.69) is 4.40 Å². The summed E-state index contributed by atoms with van der Waals surface area (Å²) in [5.41, 5.74) is 1.13. The predicted octanol–water partition coefficient (Wildman–Crippen LogP) is 6.52. The second kappa shape index (κ2) is 11.1. The second-order valence-corrected chi connectivity index (χ2v) is 7.60. The minimum absolute atomic E-state index is 0.0750. The van der Waals surface area contributed by atoms with Crippen molar-refractivity contribution >= 4 is 35.3 Å². The zero-order chi connectivity index (χ0) is 20.3. The van der Waals surface area contributed by atoms with Gasteiger partial charge in [-0.05, 0) is 35.2 Å². The van der Waals surface area contributed by atoms with Crippen LogP contribution in [0.5, 0.6) is 0 Å². The lowest BCUT2D eigenvalue weighted by atomic mass is 10.2. The second-order valence-electron chi connectivity index (χ2n) is 5.78. The number of non-ortho nitro benzene ring substituents is 1. The Kier molecular flexibility index (Phi) is 7.91. The molecule has 0 N–H and O–H groups in total. The van der Waals surface area contributed by atoms with Gasteiger partial charge in [-0.1, -0.05) is 60.3 Å². The fourth-order valence-corrected chi connectivity index (χ4v) is 3.46. The fourth-order valence-electron chi connectivity index (χ4n) is 2.23. The van der Waals surface area contributed by atoms with Gasteiger partial charge in [-0.15, -0.1) is 0 Å². The molecule has 0 aliphatic rings. The molecule has 3 aromatic carbocycles. The van der Waals surface area contributed by atoms with Crippen LogP contribution < -0.4 is 0 Å². The number of thioether (sulfide) groups is 1. The van der Waals surface area contributed by atoms with Gasteiger partial charge in [-0.3, -0.25) is 10.1 Å². The Morgan fingerprint density at radius 2 is 1.59 bits per heavy atom. The van der Waals surface area contributed by atoms with Crippen LogP contribution in [0, 0.1) is 10.1 Å². The van der Waals surface area contributed by atoms with Crippen molar-refractivity contribution in [1.82, 2.24) is 0 Å². The van der Waals surface area contributed by atoms with E-state index in [0.29, 0.717) is 12.5 Å². The van der Waals surface area contributed by atoms with Crippen molar-refractivity contribution in [3.63, 3.8) is 0 Å². The molecule has 0 amide bonds. The number of hydrogen-bond acceptors (Lipinski definition) is 6. The number of hydrogen-bond donors (Lipinski definition) is 0. The van der Waals surface area contributed by atoms with Gasteiger partial charge in [0.25, 0.3) is 5.69 Å². The zero-order valence-corrected chi connectivity index (χ0v) is 17.0. The van der Waals surface area contributed by atoms with Crippen LogP contribution in [0.15, 0.2) is 111 Å². The van der Waals surface area contributed by atoms with E-state index in [4.69, 9.17) is 4.74 Å². The summed E-state index contributed by atoms with van der Waals surface area (Å²) in [7, 11) is 0.